The monoisotopic (exact) mass is 560 g/mol. The lowest BCUT2D eigenvalue weighted by Gasteiger charge is -2.38. The van der Waals surface area contributed by atoms with Crippen LogP contribution in [-0.2, 0) is 21.2 Å². The van der Waals surface area contributed by atoms with E-state index in [1.807, 2.05) is 12.1 Å². The predicted octanol–water partition coefficient (Wildman–Crippen LogP) is 4.39. The normalized spacial score (nSPS) is 22.2. The Bertz CT molecular complexity index is 1220. The van der Waals surface area contributed by atoms with Gasteiger partial charge in [0.25, 0.3) is 10.0 Å². The van der Waals surface area contributed by atoms with Crippen molar-refractivity contribution in [2.24, 2.45) is 4.40 Å². The van der Waals surface area contributed by atoms with E-state index in [4.69, 9.17) is 9.84 Å². The van der Waals surface area contributed by atoms with E-state index in [0.29, 0.717) is 11.5 Å². The van der Waals surface area contributed by atoms with E-state index in [-0.39, 0.29) is 38.4 Å². The Morgan fingerprint density at radius 3 is 2.38 bits per heavy atom. The molecule has 2 aromatic carbocycles. The van der Waals surface area contributed by atoms with Gasteiger partial charge in [0, 0.05) is 26.2 Å². The van der Waals surface area contributed by atoms with Gasteiger partial charge in [-0.05, 0) is 93.6 Å². The molecule has 39 heavy (non-hydrogen) atoms. The van der Waals surface area contributed by atoms with Crippen molar-refractivity contribution in [1.82, 2.24) is 4.90 Å². The first kappa shape index (κ1) is 29.6. The molecule has 1 fully saturated rings. The van der Waals surface area contributed by atoms with E-state index in [1.54, 1.807) is 32.0 Å². The van der Waals surface area contributed by atoms with E-state index in [0.717, 1.165) is 44.5 Å². The van der Waals surface area contributed by atoms with Crippen molar-refractivity contribution >= 4 is 15.9 Å². The fourth-order valence-electron chi connectivity index (χ4n) is 5.85. The van der Waals surface area contributed by atoms with Crippen LogP contribution in [0.3, 0.4) is 0 Å². The molecule has 0 amide bonds. The highest BCUT2D eigenvalue weighted by Crippen LogP contribution is 2.35. The molecule has 0 saturated carbocycles. The third-order valence-corrected chi connectivity index (χ3v) is 9.99. The van der Waals surface area contributed by atoms with Crippen LogP contribution in [0.2, 0.25) is 0 Å². The Kier molecular flexibility index (Phi) is 9.80. The van der Waals surface area contributed by atoms with E-state index >= 15 is 0 Å². The Hall–Kier alpha value is -2.33. The minimum absolute atomic E-state index is 0.0543. The minimum Gasteiger partial charge on any atom is -0.473 e. The van der Waals surface area contributed by atoms with Gasteiger partial charge in [-0.3, -0.25) is 0 Å². The summed E-state index contributed by atoms with van der Waals surface area (Å²) in [4.78, 5) is 2.40. The summed E-state index contributed by atoms with van der Waals surface area (Å²) in [5, 5.41) is 17.7. The smallest absolute Gasteiger partial charge is 0.263 e. The molecule has 2 aromatic rings. The van der Waals surface area contributed by atoms with E-state index in [9.17, 15) is 17.9 Å². The van der Waals surface area contributed by atoms with Gasteiger partial charge in [-0.15, -0.1) is 4.40 Å². The van der Waals surface area contributed by atoms with Crippen LogP contribution in [0.25, 0.3) is 0 Å². The number of piperidine rings is 1. The molecule has 1 saturated heterocycles. The van der Waals surface area contributed by atoms with Crippen molar-refractivity contribution < 1.29 is 27.8 Å². The number of sulfonamides is 1. The zero-order chi connectivity index (χ0) is 28.0. The van der Waals surface area contributed by atoms with Gasteiger partial charge < -0.3 is 19.8 Å². The molecule has 2 atom stereocenters. The van der Waals surface area contributed by atoms with Crippen LogP contribution in [0, 0.1) is 5.82 Å². The van der Waals surface area contributed by atoms with Crippen LogP contribution < -0.4 is 0 Å². The zero-order valence-corrected chi connectivity index (χ0v) is 23.7. The van der Waals surface area contributed by atoms with Crippen LogP contribution in [0.15, 0.2) is 52.9 Å². The maximum Gasteiger partial charge on any atom is 0.263 e. The maximum absolute atomic E-state index is 14.4. The van der Waals surface area contributed by atoms with E-state index < -0.39 is 32.6 Å². The highest BCUT2D eigenvalue weighted by atomic mass is 32.2. The standard InChI is InChI=1S/C30H41FN2O5S/c1-30(2)28(20-22-8-10-23(11-9-22)24-12-16-33(17-13-24)15-5-18-34)39(36,37)32-29(38-30)21-25(14-19-35)26-6-3-4-7-27(26)31/h3-4,6-11,24-25,28,34-35H,5,12-21H2,1-2H3/t25-,28?/m1/s1. The highest BCUT2D eigenvalue weighted by molar-refractivity contribution is 7.91. The molecule has 0 bridgehead atoms. The first-order valence-corrected chi connectivity index (χ1v) is 15.4. The van der Waals surface area contributed by atoms with Gasteiger partial charge in [0.2, 0.25) is 5.90 Å². The number of aliphatic hydroxyl groups is 2. The Labute approximate surface area is 231 Å². The number of benzene rings is 2. The Morgan fingerprint density at radius 2 is 1.77 bits per heavy atom. The first-order valence-electron chi connectivity index (χ1n) is 13.9. The number of likely N-dealkylation sites (tertiary alicyclic amines) is 1. The summed E-state index contributed by atoms with van der Waals surface area (Å²) >= 11 is 0. The first-order chi connectivity index (χ1) is 18.6. The topological polar surface area (TPSA) is 99.4 Å². The van der Waals surface area contributed by atoms with Crippen molar-refractivity contribution in [1.29, 1.82) is 0 Å². The van der Waals surface area contributed by atoms with Gasteiger partial charge >= 0.3 is 0 Å². The number of rotatable bonds is 11. The summed E-state index contributed by atoms with van der Waals surface area (Å²) in [6.07, 6.45) is 3.59. The van der Waals surface area contributed by atoms with Crippen LogP contribution >= 0.6 is 0 Å². The maximum atomic E-state index is 14.4. The summed E-state index contributed by atoms with van der Waals surface area (Å²) in [6, 6.07) is 14.5. The number of ether oxygens (including phenoxy) is 1. The lowest BCUT2D eigenvalue weighted by atomic mass is 9.88. The fourth-order valence-corrected chi connectivity index (χ4v) is 7.54. The highest BCUT2D eigenvalue weighted by Gasteiger charge is 2.46. The molecule has 2 aliphatic rings. The molecule has 7 nitrogen and oxygen atoms in total. The van der Waals surface area contributed by atoms with Gasteiger partial charge in [-0.25, -0.2) is 12.8 Å². The van der Waals surface area contributed by atoms with Gasteiger partial charge in [-0.2, -0.15) is 0 Å². The summed E-state index contributed by atoms with van der Waals surface area (Å²) < 4.78 is 51.3. The van der Waals surface area contributed by atoms with Crippen molar-refractivity contribution in [2.75, 3.05) is 32.8 Å². The molecule has 4 rings (SSSR count). The van der Waals surface area contributed by atoms with Gasteiger partial charge in [0.1, 0.15) is 16.7 Å². The van der Waals surface area contributed by atoms with Crippen LogP contribution in [0.5, 0.6) is 0 Å². The summed E-state index contributed by atoms with van der Waals surface area (Å²) in [5.74, 6) is -0.315. The van der Waals surface area contributed by atoms with Gasteiger partial charge in [0.05, 0.1) is 0 Å². The Balaban J connectivity index is 1.44. The minimum atomic E-state index is -3.89. The molecule has 0 radical (unpaired) electrons. The van der Waals surface area contributed by atoms with Crippen LogP contribution in [-0.4, -0.2) is 73.1 Å². The predicted molar refractivity (Wildman–Crippen MR) is 151 cm³/mol. The number of hydrogen-bond donors (Lipinski definition) is 2. The van der Waals surface area contributed by atoms with Crippen LogP contribution in [0.1, 0.15) is 74.5 Å². The summed E-state index contributed by atoms with van der Waals surface area (Å²) in [7, 11) is -3.89. The molecule has 9 heteroatoms. The second kappa shape index (κ2) is 12.9. The average molecular weight is 561 g/mol. The quantitative estimate of drug-likeness (QED) is 0.423. The fraction of sp³-hybridized carbons (Fsp3) is 0.567. The SMILES string of the molecule is CC1(C)OC(C[C@@H](CCO)c2ccccc2F)=NS(=O)(=O)C1Cc1ccc(C2CCN(CCCO)CC2)cc1. The molecule has 0 aromatic heterocycles. The van der Waals surface area contributed by atoms with Crippen LogP contribution in [0.4, 0.5) is 4.39 Å². The molecular weight excluding hydrogens is 519 g/mol. The van der Waals surface area contributed by atoms with Crippen molar-refractivity contribution in [2.45, 2.75) is 75.1 Å². The van der Waals surface area contributed by atoms with Crippen molar-refractivity contribution in [3.05, 3.63) is 71.0 Å². The molecule has 0 spiro atoms. The second-order valence-corrected chi connectivity index (χ2v) is 13.0. The number of aliphatic hydroxyl groups excluding tert-OH is 2. The van der Waals surface area contributed by atoms with Crippen molar-refractivity contribution in [3.8, 4) is 0 Å². The molecule has 2 N–H and O–H groups in total. The summed E-state index contributed by atoms with van der Waals surface area (Å²) in [6.45, 7) is 6.56. The molecule has 214 valence electrons. The zero-order valence-electron chi connectivity index (χ0n) is 22.9. The van der Waals surface area contributed by atoms with Crippen molar-refractivity contribution in [3.63, 3.8) is 0 Å². The third kappa shape index (κ3) is 7.45. The lowest BCUT2D eigenvalue weighted by Crippen LogP contribution is -2.50. The van der Waals surface area contributed by atoms with Gasteiger partial charge in [0.15, 0.2) is 0 Å². The number of nitrogens with zero attached hydrogens (tertiary/aromatic N) is 2. The molecule has 0 aliphatic carbocycles. The molecule has 2 heterocycles. The Morgan fingerprint density at radius 1 is 1.08 bits per heavy atom. The average Bonchev–Trinajstić information content (AvgIpc) is 2.90. The third-order valence-electron chi connectivity index (χ3n) is 8.08. The van der Waals surface area contributed by atoms with Gasteiger partial charge in [-0.1, -0.05) is 42.5 Å². The number of halogens is 1. The molecule has 1 unspecified atom stereocenters. The second-order valence-electron chi connectivity index (χ2n) is 11.3. The lowest BCUT2D eigenvalue weighted by molar-refractivity contribution is 0.0797. The summed E-state index contributed by atoms with van der Waals surface area (Å²) in [5.41, 5.74) is 1.55. The van der Waals surface area contributed by atoms with E-state index in [1.165, 1.54) is 11.6 Å². The molecule has 2 aliphatic heterocycles. The van der Waals surface area contributed by atoms with E-state index in [2.05, 4.69) is 21.4 Å². The largest absolute Gasteiger partial charge is 0.473 e. The number of hydrogen-bond acceptors (Lipinski definition) is 6. The molecular formula is C30H41FN2O5S.